The molecule has 0 saturated heterocycles. The second-order valence-corrected chi connectivity index (χ2v) is 17.1. The number of furan rings is 1. The maximum Gasteiger partial charge on any atom is 0.137 e. The molecule has 13 rings (SSSR count). The standard InChI is InChI=1S/C62H42N6O/c1-5-19-43(20-6-1)59-61(65-37-15-13-31-57(65)63-59)45-23-17-29-49(39-45)67(47-25-9-3-10-26-47)51-33-35-53-54-36-34-52(42-56(54)69-55(53)41-51)68(48-27-11-4-12-28-48)50-30-18-24-46(40-50)62-60(44-21-7-2-8-22-44)64-58-32-14-16-38-66(58)62/h1-42H. The lowest BCUT2D eigenvalue weighted by atomic mass is 10.0. The Bertz CT molecular complexity index is 3710. The van der Waals surface area contributed by atoms with Gasteiger partial charge in [0.05, 0.1) is 22.8 Å². The molecule has 0 spiro atoms. The quantitative estimate of drug-likeness (QED) is 0.137. The number of hydrogen-bond acceptors (Lipinski definition) is 5. The summed E-state index contributed by atoms with van der Waals surface area (Å²) >= 11 is 0. The molecule has 0 aliphatic carbocycles. The molecule has 0 atom stereocenters. The first-order chi connectivity index (χ1) is 34.2. The summed E-state index contributed by atoms with van der Waals surface area (Å²) in [5, 5.41) is 2.10. The number of hydrogen-bond donors (Lipinski definition) is 0. The summed E-state index contributed by atoms with van der Waals surface area (Å²) in [6.07, 6.45) is 4.18. The number of imidazole rings is 2. The Morgan fingerprint density at radius 3 is 1.10 bits per heavy atom. The van der Waals surface area contributed by atoms with Gasteiger partial charge in [-0.2, -0.15) is 0 Å². The molecule has 7 nitrogen and oxygen atoms in total. The van der Waals surface area contributed by atoms with E-state index in [1.165, 1.54) is 0 Å². The molecule has 5 aromatic heterocycles. The van der Waals surface area contributed by atoms with E-state index in [2.05, 4.69) is 249 Å². The van der Waals surface area contributed by atoms with Crippen LogP contribution in [0.5, 0.6) is 0 Å². The molecule has 0 radical (unpaired) electrons. The van der Waals surface area contributed by atoms with E-state index in [-0.39, 0.29) is 0 Å². The Balaban J connectivity index is 0.913. The van der Waals surface area contributed by atoms with Crippen LogP contribution in [0.25, 0.3) is 78.3 Å². The molecule has 0 N–H and O–H groups in total. The van der Waals surface area contributed by atoms with Gasteiger partial charge < -0.3 is 14.2 Å². The first kappa shape index (κ1) is 39.9. The molecule has 7 heteroatoms. The van der Waals surface area contributed by atoms with Crippen LogP contribution in [-0.4, -0.2) is 18.8 Å². The lowest BCUT2D eigenvalue weighted by molar-refractivity contribution is 0.669. The zero-order valence-electron chi connectivity index (χ0n) is 37.3. The van der Waals surface area contributed by atoms with Crippen LogP contribution in [0, 0.1) is 0 Å². The van der Waals surface area contributed by atoms with Crippen molar-refractivity contribution < 1.29 is 4.42 Å². The molecular weight excluding hydrogens is 845 g/mol. The fraction of sp³-hybridized carbons (Fsp3) is 0. The summed E-state index contributed by atoms with van der Waals surface area (Å²) in [7, 11) is 0. The summed E-state index contributed by atoms with van der Waals surface area (Å²) < 4.78 is 11.3. The first-order valence-electron chi connectivity index (χ1n) is 23.1. The van der Waals surface area contributed by atoms with Crippen molar-refractivity contribution >= 4 is 67.4 Å². The average Bonchev–Trinajstić information content (AvgIpc) is 4.12. The number of aromatic nitrogens is 4. The number of para-hydroxylation sites is 2. The molecule has 326 valence electrons. The third kappa shape index (κ3) is 7.08. The van der Waals surface area contributed by atoms with E-state index in [4.69, 9.17) is 14.4 Å². The van der Waals surface area contributed by atoms with Crippen molar-refractivity contribution in [3.8, 4) is 45.0 Å². The minimum atomic E-state index is 0.805. The van der Waals surface area contributed by atoms with Gasteiger partial charge in [0.15, 0.2) is 0 Å². The Morgan fingerprint density at radius 1 is 0.304 bits per heavy atom. The zero-order chi connectivity index (χ0) is 45.7. The van der Waals surface area contributed by atoms with Gasteiger partial charge in [-0.1, -0.05) is 133 Å². The topological polar surface area (TPSA) is 54.2 Å². The molecule has 0 fully saturated rings. The van der Waals surface area contributed by atoms with Crippen LogP contribution in [0.2, 0.25) is 0 Å². The molecule has 0 amide bonds. The van der Waals surface area contributed by atoms with Gasteiger partial charge in [0.1, 0.15) is 22.5 Å². The summed E-state index contributed by atoms with van der Waals surface area (Å²) in [6, 6.07) is 84.7. The van der Waals surface area contributed by atoms with Gasteiger partial charge in [-0.3, -0.25) is 8.80 Å². The summed E-state index contributed by atoms with van der Waals surface area (Å²) in [5.41, 5.74) is 17.7. The van der Waals surface area contributed by atoms with E-state index >= 15 is 0 Å². The van der Waals surface area contributed by atoms with Crippen LogP contribution >= 0.6 is 0 Å². The fourth-order valence-electron chi connectivity index (χ4n) is 9.80. The molecule has 5 heterocycles. The highest BCUT2D eigenvalue weighted by molar-refractivity contribution is 6.07. The maximum absolute atomic E-state index is 6.89. The van der Waals surface area contributed by atoms with Gasteiger partial charge in [-0.25, -0.2) is 9.97 Å². The number of anilines is 6. The van der Waals surface area contributed by atoms with Gasteiger partial charge in [0, 0.05) is 91.7 Å². The van der Waals surface area contributed by atoms with Crippen molar-refractivity contribution in [2.45, 2.75) is 0 Å². The van der Waals surface area contributed by atoms with Crippen LogP contribution in [-0.2, 0) is 0 Å². The monoisotopic (exact) mass is 886 g/mol. The van der Waals surface area contributed by atoms with Gasteiger partial charge >= 0.3 is 0 Å². The summed E-state index contributed by atoms with van der Waals surface area (Å²) in [6.45, 7) is 0. The van der Waals surface area contributed by atoms with Gasteiger partial charge in [-0.15, -0.1) is 0 Å². The normalized spacial score (nSPS) is 11.5. The van der Waals surface area contributed by atoms with Crippen LogP contribution in [0.15, 0.2) is 259 Å². The smallest absolute Gasteiger partial charge is 0.137 e. The highest BCUT2D eigenvalue weighted by atomic mass is 16.3. The second kappa shape index (κ2) is 16.8. The lowest BCUT2D eigenvalue weighted by Crippen LogP contribution is -2.10. The first-order valence-corrected chi connectivity index (χ1v) is 23.1. The highest BCUT2D eigenvalue weighted by Crippen LogP contribution is 2.44. The summed E-state index contributed by atoms with van der Waals surface area (Å²) in [5.74, 6) is 0. The third-order valence-corrected chi connectivity index (χ3v) is 12.9. The van der Waals surface area contributed by atoms with E-state index in [0.717, 1.165) is 112 Å². The molecular formula is C62H42N6O. The number of rotatable bonds is 10. The number of pyridine rings is 2. The van der Waals surface area contributed by atoms with Crippen molar-refractivity contribution in [2.75, 3.05) is 9.80 Å². The van der Waals surface area contributed by atoms with E-state index in [0.29, 0.717) is 0 Å². The Labute approximate surface area is 398 Å². The van der Waals surface area contributed by atoms with E-state index in [1.807, 2.05) is 24.3 Å². The van der Waals surface area contributed by atoms with E-state index < -0.39 is 0 Å². The Morgan fingerprint density at radius 2 is 0.667 bits per heavy atom. The van der Waals surface area contributed by atoms with Gasteiger partial charge in [0.2, 0.25) is 0 Å². The van der Waals surface area contributed by atoms with E-state index in [1.54, 1.807) is 0 Å². The highest BCUT2D eigenvalue weighted by Gasteiger charge is 2.22. The SMILES string of the molecule is c1ccc(-c2nc3ccccn3c2-c2cccc(N(c3ccccc3)c3ccc4c(c3)oc3cc(N(c5ccccc5)c5cccc(-c6c(-c7ccccc7)nc7ccccn67)c5)ccc34)c2)cc1. The summed E-state index contributed by atoms with van der Waals surface area (Å²) in [4.78, 5) is 14.8. The van der Waals surface area contributed by atoms with Crippen LogP contribution in [0.1, 0.15) is 0 Å². The Kier molecular flexibility index (Phi) is 9.68. The van der Waals surface area contributed by atoms with Crippen molar-refractivity contribution in [3.63, 3.8) is 0 Å². The van der Waals surface area contributed by atoms with Crippen molar-refractivity contribution in [1.82, 2.24) is 18.8 Å². The number of benzene rings is 8. The molecule has 0 aliphatic rings. The maximum atomic E-state index is 6.89. The minimum absolute atomic E-state index is 0.805. The molecule has 0 saturated carbocycles. The number of fused-ring (bicyclic) bond motifs is 5. The molecule has 0 unspecified atom stereocenters. The average molecular weight is 887 g/mol. The van der Waals surface area contributed by atoms with Gasteiger partial charge in [-0.05, 0) is 97.1 Å². The van der Waals surface area contributed by atoms with Crippen LogP contribution < -0.4 is 9.80 Å². The van der Waals surface area contributed by atoms with E-state index in [9.17, 15) is 0 Å². The predicted octanol–water partition coefficient (Wildman–Crippen LogP) is 16.5. The molecule has 13 aromatic rings. The van der Waals surface area contributed by atoms with Crippen molar-refractivity contribution in [3.05, 3.63) is 255 Å². The molecule has 0 aliphatic heterocycles. The number of nitrogens with zero attached hydrogens (tertiary/aromatic N) is 6. The lowest BCUT2D eigenvalue weighted by Gasteiger charge is -2.26. The molecule has 0 bridgehead atoms. The predicted molar refractivity (Wildman–Crippen MR) is 282 cm³/mol. The van der Waals surface area contributed by atoms with Gasteiger partial charge in [0.25, 0.3) is 0 Å². The Hall–Kier alpha value is -9.46. The van der Waals surface area contributed by atoms with Crippen LogP contribution in [0.4, 0.5) is 34.1 Å². The molecule has 8 aromatic carbocycles. The largest absolute Gasteiger partial charge is 0.456 e. The third-order valence-electron chi connectivity index (χ3n) is 12.9. The van der Waals surface area contributed by atoms with Crippen molar-refractivity contribution in [1.29, 1.82) is 0 Å². The second-order valence-electron chi connectivity index (χ2n) is 17.1. The van der Waals surface area contributed by atoms with Crippen LogP contribution in [0.3, 0.4) is 0 Å². The molecule has 69 heavy (non-hydrogen) atoms. The van der Waals surface area contributed by atoms with Crippen molar-refractivity contribution in [2.24, 2.45) is 0 Å². The zero-order valence-corrected chi connectivity index (χ0v) is 37.3. The minimum Gasteiger partial charge on any atom is -0.456 e. The fourth-order valence-corrected chi connectivity index (χ4v) is 9.80.